The van der Waals surface area contributed by atoms with Gasteiger partial charge in [-0.3, -0.25) is 0 Å². The maximum atomic E-state index is 11.9. The van der Waals surface area contributed by atoms with Gasteiger partial charge < -0.3 is 4.74 Å². The molecule has 0 radical (unpaired) electrons. The number of hydrogen-bond donors (Lipinski definition) is 0. The van der Waals surface area contributed by atoms with Gasteiger partial charge in [0, 0.05) is 5.56 Å². The van der Waals surface area contributed by atoms with Gasteiger partial charge in [0.15, 0.2) is 0 Å². The van der Waals surface area contributed by atoms with E-state index in [1.165, 1.54) is 0 Å². The van der Waals surface area contributed by atoms with Crippen LogP contribution in [0.1, 0.15) is 24.0 Å². The largest absolute Gasteiger partial charge is 0.497 e. The van der Waals surface area contributed by atoms with Gasteiger partial charge in [0.05, 0.1) is 12.8 Å². The average molecular weight is 387 g/mol. The summed E-state index contributed by atoms with van der Waals surface area (Å²) in [5, 5.41) is 0. The maximum absolute atomic E-state index is 11.9. The Morgan fingerprint density at radius 1 is 1.27 bits per heavy atom. The van der Waals surface area contributed by atoms with E-state index in [-0.39, 0.29) is 0 Å². The third kappa shape index (κ3) is 4.99. The molecule has 2 rings (SSSR count). The molecule has 0 aromatic heterocycles. The van der Waals surface area contributed by atoms with Crippen molar-refractivity contribution in [3.63, 3.8) is 0 Å². The molecule has 1 aliphatic rings. The van der Waals surface area contributed by atoms with Crippen LogP contribution in [0.3, 0.4) is 0 Å². The van der Waals surface area contributed by atoms with E-state index in [0.717, 1.165) is 29.7 Å². The van der Waals surface area contributed by atoms with Gasteiger partial charge in [-0.25, -0.2) is 4.18 Å². The van der Waals surface area contributed by atoms with Gasteiger partial charge in [0.25, 0.3) is 0 Å². The van der Waals surface area contributed by atoms with Crippen LogP contribution >= 0.6 is 34.8 Å². The summed E-state index contributed by atoms with van der Waals surface area (Å²) >= 11 is 16.4. The standard InChI is InChI=1S/C13H14Cl3NO4S/c1-20-10-5-6-11-9(7-10)3-2-4-12(11)17-22(18,19)21-8-13(14,15)16/h5-7H,2-4,8H2,1H3/b17-12+. The molecule has 0 saturated heterocycles. The molecular weight excluding hydrogens is 373 g/mol. The Hall–Kier alpha value is -0.530. The molecule has 0 aliphatic heterocycles. The summed E-state index contributed by atoms with van der Waals surface area (Å²) < 4.78 is 35.4. The predicted molar refractivity (Wildman–Crippen MR) is 87.6 cm³/mol. The Morgan fingerprint density at radius 2 is 2.00 bits per heavy atom. The fraction of sp³-hybridized carbons (Fsp3) is 0.462. The van der Waals surface area contributed by atoms with Crippen LogP contribution in [0.5, 0.6) is 5.75 Å². The minimum Gasteiger partial charge on any atom is -0.497 e. The normalized spacial score (nSPS) is 17.4. The molecule has 0 heterocycles. The van der Waals surface area contributed by atoms with Gasteiger partial charge in [-0.2, -0.15) is 8.42 Å². The minimum absolute atomic E-state index is 0.438. The topological polar surface area (TPSA) is 65.0 Å². The van der Waals surface area contributed by atoms with E-state index in [0.29, 0.717) is 12.1 Å². The molecule has 22 heavy (non-hydrogen) atoms. The molecule has 0 N–H and O–H groups in total. The third-order valence-electron chi connectivity index (χ3n) is 3.08. The van der Waals surface area contributed by atoms with Crippen molar-refractivity contribution < 1.29 is 17.3 Å². The van der Waals surface area contributed by atoms with Gasteiger partial charge in [-0.1, -0.05) is 34.8 Å². The number of benzene rings is 1. The second-order valence-corrected chi connectivity index (χ2v) is 8.51. The van der Waals surface area contributed by atoms with Crippen molar-refractivity contribution in [2.45, 2.75) is 23.1 Å². The van der Waals surface area contributed by atoms with Crippen LogP contribution in [0, 0.1) is 0 Å². The number of hydrogen-bond acceptors (Lipinski definition) is 4. The van der Waals surface area contributed by atoms with Crippen molar-refractivity contribution in [1.82, 2.24) is 0 Å². The highest BCUT2D eigenvalue weighted by Crippen LogP contribution is 2.28. The van der Waals surface area contributed by atoms with Gasteiger partial charge in [-0.15, -0.1) is 4.40 Å². The highest BCUT2D eigenvalue weighted by atomic mass is 35.6. The summed E-state index contributed by atoms with van der Waals surface area (Å²) in [4.78, 5) is 0. The summed E-state index contributed by atoms with van der Waals surface area (Å²) in [6.07, 6.45) is 2.16. The van der Waals surface area contributed by atoms with Crippen molar-refractivity contribution in [3.05, 3.63) is 29.3 Å². The summed E-state index contributed by atoms with van der Waals surface area (Å²) in [6, 6.07) is 5.42. The Kier molecular flexibility index (Phi) is 5.61. The van der Waals surface area contributed by atoms with E-state index in [2.05, 4.69) is 8.58 Å². The summed E-state index contributed by atoms with van der Waals surface area (Å²) in [6.45, 7) is -0.591. The first-order valence-corrected chi connectivity index (χ1v) is 8.92. The number of methoxy groups -OCH3 is 1. The Morgan fingerprint density at radius 3 is 2.64 bits per heavy atom. The molecule has 0 amide bonds. The molecule has 0 fully saturated rings. The van der Waals surface area contributed by atoms with Crippen molar-refractivity contribution in [1.29, 1.82) is 0 Å². The Balaban J connectivity index is 2.27. The molecule has 1 aromatic carbocycles. The Labute approximate surface area is 144 Å². The number of fused-ring (bicyclic) bond motifs is 1. The van der Waals surface area contributed by atoms with E-state index < -0.39 is 20.7 Å². The molecular formula is C13H14Cl3NO4S. The van der Waals surface area contributed by atoms with Crippen molar-refractivity contribution >= 4 is 50.8 Å². The quantitative estimate of drug-likeness (QED) is 0.743. The average Bonchev–Trinajstić information content (AvgIpc) is 2.44. The highest BCUT2D eigenvalue weighted by Gasteiger charge is 2.25. The van der Waals surface area contributed by atoms with Gasteiger partial charge in [0.2, 0.25) is 3.79 Å². The molecule has 0 spiro atoms. The summed E-state index contributed by atoms with van der Waals surface area (Å²) in [5.41, 5.74) is 2.20. The third-order valence-corrected chi connectivity index (χ3v) is 4.26. The predicted octanol–water partition coefficient (Wildman–Crippen LogP) is 3.45. The minimum atomic E-state index is -4.17. The summed E-state index contributed by atoms with van der Waals surface area (Å²) in [7, 11) is -2.59. The molecule has 0 atom stereocenters. The molecule has 122 valence electrons. The number of halogens is 3. The van der Waals surface area contributed by atoms with Crippen LogP contribution < -0.4 is 4.74 Å². The number of aryl methyl sites for hydroxylation is 1. The van der Waals surface area contributed by atoms with Crippen LogP contribution in [0.25, 0.3) is 0 Å². The molecule has 0 bridgehead atoms. The SMILES string of the molecule is COc1ccc2c(c1)CCC/C2=N\S(=O)(=O)OCC(Cl)(Cl)Cl. The molecule has 1 aliphatic carbocycles. The van der Waals surface area contributed by atoms with E-state index in [1.54, 1.807) is 19.2 Å². The van der Waals surface area contributed by atoms with E-state index in [1.807, 2.05) is 6.07 Å². The Bertz CT molecular complexity index is 683. The van der Waals surface area contributed by atoms with Crippen LogP contribution in [0.2, 0.25) is 0 Å². The molecule has 1 aromatic rings. The number of alkyl halides is 3. The molecule has 9 heteroatoms. The highest BCUT2D eigenvalue weighted by molar-refractivity contribution is 7.85. The zero-order chi connectivity index (χ0) is 16.4. The first-order valence-electron chi connectivity index (χ1n) is 6.42. The van der Waals surface area contributed by atoms with Crippen LogP contribution in [-0.2, 0) is 20.9 Å². The molecule has 0 saturated carbocycles. The van der Waals surface area contributed by atoms with Crippen LogP contribution in [-0.4, -0.2) is 31.6 Å². The van der Waals surface area contributed by atoms with Crippen molar-refractivity contribution in [2.75, 3.05) is 13.7 Å². The maximum Gasteiger partial charge on any atom is 0.381 e. The van der Waals surface area contributed by atoms with Crippen LogP contribution in [0.15, 0.2) is 22.6 Å². The lowest BCUT2D eigenvalue weighted by Crippen LogP contribution is -2.19. The van der Waals surface area contributed by atoms with Gasteiger partial charge in [0.1, 0.15) is 12.4 Å². The second-order valence-electron chi connectivity index (χ2n) is 4.72. The van der Waals surface area contributed by atoms with Crippen molar-refractivity contribution in [3.8, 4) is 5.75 Å². The van der Waals surface area contributed by atoms with Crippen molar-refractivity contribution in [2.24, 2.45) is 4.40 Å². The zero-order valence-corrected chi connectivity index (χ0v) is 14.8. The lowest BCUT2D eigenvalue weighted by atomic mass is 9.90. The number of ether oxygens (including phenoxy) is 1. The number of rotatable bonds is 4. The monoisotopic (exact) mass is 385 g/mol. The van der Waals surface area contributed by atoms with Gasteiger partial charge >= 0.3 is 10.3 Å². The molecule has 5 nitrogen and oxygen atoms in total. The first kappa shape index (κ1) is 17.8. The fourth-order valence-corrected chi connectivity index (χ4v) is 3.36. The summed E-state index contributed by atoms with van der Waals surface area (Å²) in [5.74, 6) is 0.718. The zero-order valence-electron chi connectivity index (χ0n) is 11.7. The second kappa shape index (κ2) is 6.93. The lowest BCUT2D eigenvalue weighted by molar-refractivity contribution is 0.326. The lowest BCUT2D eigenvalue weighted by Gasteiger charge is -2.18. The first-order chi connectivity index (χ1) is 10.2. The van der Waals surface area contributed by atoms with E-state index in [4.69, 9.17) is 39.5 Å². The van der Waals surface area contributed by atoms with E-state index in [9.17, 15) is 8.42 Å². The van der Waals surface area contributed by atoms with E-state index >= 15 is 0 Å². The van der Waals surface area contributed by atoms with Crippen LogP contribution in [0.4, 0.5) is 0 Å². The fourth-order valence-electron chi connectivity index (χ4n) is 2.16. The molecule has 0 unspecified atom stereocenters. The number of nitrogens with zero attached hydrogens (tertiary/aromatic N) is 1. The smallest absolute Gasteiger partial charge is 0.381 e. The van der Waals surface area contributed by atoms with Gasteiger partial charge in [-0.05, 0) is 43.0 Å².